The SMILES string of the molecule is Cc1ccccc1C(=O)CN1CCN(C)CC1. The van der Waals surface area contributed by atoms with E-state index in [1.165, 1.54) is 0 Å². The van der Waals surface area contributed by atoms with Crippen LogP contribution in [-0.2, 0) is 0 Å². The summed E-state index contributed by atoms with van der Waals surface area (Å²) in [5, 5.41) is 0. The number of piperazine rings is 1. The summed E-state index contributed by atoms with van der Waals surface area (Å²) in [4.78, 5) is 16.7. The number of likely N-dealkylation sites (N-methyl/N-ethyl adjacent to an activating group) is 1. The van der Waals surface area contributed by atoms with Gasteiger partial charge in [0, 0.05) is 31.7 Å². The van der Waals surface area contributed by atoms with Crippen molar-refractivity contribution in [3.8, 4) is 0 Å². The lowest BCUT2D eigenvalue weighted by molar-refractivity contribution is 0.0876. The minimum Gasteiger partial charge on any atom is -0.304 e. The van der Waals surface area contributed by atoms with Crippen molar-refractivity contribution >= 4 is 5.78 Å². The molecule has 1 saturated heterocycles. The lowest BCUT2D eigenvalue weighted by Gasteiger charge is -2.31. The van der Waals surface area contributed by atoms with Gasteiger partial charge in [0.1, 0.15) is 0 Å². The molecule has 3 nitrogen and oxygen atoms in total. The third-order valence-electron chi connectivity index (χ3n) is 3.41. The fourth-order valence-electron chi connectivity index (χ4n) is 2.18. The molecule has 1 aromatic rings. The molecule has 0 saturated carbocycles. The lowest BCUT2D eigenvalue weighted by atomic mass is 10.0. The van der Waals surface area contributed by atoms with Gasteiger partial charge in [0.2, 0.25) is 0 Å². The summed E-state index contributed by atoms with van der Waals surface area (Å²) in [5.74, 6) is 0.243. The van der Waals surface area contributed by atoms with E-state index in [4.69, 9.17) is 0 Å². The first kappa shape index (κ1) is 12.3. The maximum atomic E-state index is 12.2. The molecule has 0 N–H and O–H groups in total. The summed E-state index contributed by atoms with van der Waals surface area (Å²) in [6.45, 7) is 6.65. The summed E-state index contributed by atoms with van der Waals surface area (Å²) in [5.41, 5.74) is 1.94. The summed E-state index contributed by atoms with van der Waals surface area (Å²) in [6, 6.07) is 7.83. The third kappa shape index (κ3) is 3.14. The van der Waals surface area contributed by atoms with Crippen LogP contribution in [-0.4, -0.2) is 55.4 Å². The average molecular weight is 232 g/mol. The Morgan fingerprint density at radius 1 is 1.18 bits per heavy atom. The van der Waals surface area contributed by atoms with Crippen molar-refractivity contribution in [2.24, 2.45) is 0 Å². The van der Waals surface area contributed by atoms with Crippen molar-refractivity contribution in [2.45, 2.75) is 6.92 Å². The van der Waals surface area contributed by atoms with Gasteiger partial charge in [-0.15, -0.1) is 0 Å². The molecule has 1 fully saturated rings. The molecule has 3 heteroatoms. The van der Waals surface area contributed by atoms with Crippen LogP contribution in [0.2, 0.25) is 0 Å². The molecule has 1 aliphatic rings. The topological polar surface area (TPSA) is 23.6 Å². The predicted octanol–water partition coefficient (Wildman–Crippen LogP) is 1.43. The van der Waals surface area contributed by atoms with E-state index in [2.05, 4.69) is 16.8 Å². The number of carbonyl (C=O) groups is 1. The molecule has 92 valence electrons. The van der Waals surface area contributed by atoms with Crippen molar-refractivity contribution in [1.29, 1.82) is 0 Å². The van der Waals surface area contributed by atoms with Crippen LogP contribution in [0.1, 0.15) is 15.9 Å². The largest absolute Gasteiger partial charge is 0.304 e. The summed E-state index contributed by atoms with van der Waals surface area (Å²) >= 11 is 0. The van der Waals surface area contributed by atoms with E-state index >= 15 is 0 Å². The van der Waals surface area contributed by atoms with Gasteiger partial charge in [-0.1, -0.05) is 24.3 Å². The summed E-state index contributed by atoms with van der Waals surface area (Å²) < 4.78 is 0. The molecule has 17 heavy (non-hydrogen) atoms. The second-order valence-corrected chi connectivity index (χ2v) is 4.82. The van der Waals surface area contributed by atoms with Gasteiger partial charge in [-0.3, -0.25) is 9.69 Å². The molecule has 0 spiro atoms. The van der Waals surface area contributed by atoms with E-state index < -0.39 is 0 Å². The molecular formula is C14H20N2O. The first-order chi connectivity index (χ1) is 8.16. The lowest BCUT2D eigenvalue weighted by Crippen LogP contribution is -2.46. The van der Waals surface area contributed by atoms with E-state index in [9.17, 15) is 4.79 Å². The Morgan fingerprint density at radius 3 is 2.47 bits per heavy atom. The van der Waals surface area contributed by atoms with Gasteiger partial charge in [-0.2, -0.15) is 0 Å². The molecule has 0 unspecified atom stereocenters. The van der Waals surface area contributed by atoms with Crippen molar-refractivity contribution < 1.29 is 4.79 Å². The van der Waals surface area contributed by atoms with Crippen LogP contribution in [0.4, 0.5) is 0 Å². The third-order valence-corrected chi connectivity index (χ3v) is 3.41. The van der Waals surface area contributed by atoms with Gasteiger partial charge in [0.15, 0.2) is 5.78 Å². The number of carbonyl (C=O) groups excluding carboxylic acids is 1. The van der Waals surface area contributed by atoms with Gasteiger partial charge in [-0.05, 0) is 19.5 Å². The number of hydrogen-bond donors (Lipinski definition) is 0. The fraction of sp³-hybridized carbons (Fsp3) is 0.500. The van der Waals surface area contributed by atoms with Crippen molar-refractivity contribution in [1.82, 2.24) is 9.80 Å². The van der Waals surface area contributed by atoms with Crippen LogP contribution < -0.4 is 0 Å². The van der Waals surface area contributed by atoms with Crippen molar-refractivity contribution in [2.75, 3.05) is 39.8 Å². The van der Waals surface area contributed by atoms with Crippen LogP contribution >= 0.6 is 0 Å². The zero-order chi connectivity index (χ0) is 12.3. The van der Waals surface area contributed by atoms with Crippen LogP contribution in [0, 0.1) is 6.92 Å². The van der Waals surface area contributed by atoms with E-state index in [1.54, 1.807) is 0 Å². The quantitative estimate of drug-likeness (QED) is 0.737. The van der Waals surface area contributed by atoms with Gasteiger partial charge in [-0.25, -0.2) is 0 Å². The van der Waals surface area contributed by atoms with Crippen molar-refractivity contribution in [3.63, 3.8) is 0 Å². The summed E-state index contributed by atoms with van der Waals surface area (Å²) in [7, 11) is 2.13. The van der Waals surface area contributed by atoms with E-state index in [0.29, 0.717) is 6.54 Å². The minimum absolute atomic E-state index is 0.243. The highest BCUT2D eigenvalue weighted by molar-refractivity contribution is 5.98. The molecule has 0 aliphatic carbocycles. The Morgan fingerprint density at radius 2 is 1.82 bits per heavy atom. The number of Topliss-reactive ketones (excluding diaryl/α,β-unsaturated/α-hetero) is 1. The minimum atomic E-state index is 0.243. The second kappa shape index (κ2) is 5.43. The first-order valence-corrected chi connectivity index (χ1v) is 6.16. The van der Waals surface area contributed by atoms with Gasteiger partial charge < -0.3 is 4.90 Å². The molecule has 0 aromatic heterocycles. The van der Waals surface area contributed by atoms with Gasteiger partial charge in [0.25, 0.3) is 0 Å². The molecule has 2 rings (SSSR count). The number of hydrogen-bond acceptors (Lipinski definition) is 3. The molecule has 1 aliphatic heterocycles. The maximum absolute atomic E-state index is 12.2. The van der Waals surface area contributed by atoms with Crippen LogP contribution in [0.25, 0.3) is 0 Å². The Kier molecular flexibility index (Phi) is 3.92. The average Bonchev–Trinajstić information content (AvgIpc) is 2.32. The number of ketones is 1. The zero-order valence-electron chi connectivity index (χ0n) is 10.6. The summed E-state index contributed by atoms with van der Waals surface area (Å²) in [6.07, 6.45) is 0. The predicted molar refractivity (Wildman–Crippen MR) is 69.4 cm³/mol. The van der Waals surface area contributed by atoms with Crippen LogP contribution in [0.15, 0.2) is 24.3 Å². The van der Waals surface area contributed by atoms with E-state index in [0.717, 1.165) is 37.3 Å². The number of rotatable bonds is 3. The molecule has 1 heterocycles. The number of aryl methyl sites for hydroxylation is 1. The van der Waals surface area contributed by atoms with Crippen molar-refractivity contribution in [3.05, 3.63) is 35.4 Å². The second-order valence-electron chi connectivity index (χ2n) is 4.82. The number of nitrogens with zero attached hydrogens (tertiary/aromatic N) is 2. The molecule has 0 atom stereocenters. The molecule has 1 aromatic carbocycles. The standard InChI is InChI=1S/C14H20N2O/c1-12-5-3-4-6-13(12)14(17)11-16-9-7-15(2)8-10-16/h3-6H,7-11H2,1-2H3. The van der Waals surface area contributed by atoms with Crippen LogP contribution in [0.3, 0.4) is 0 Å². The highest BCUT2D eigenvalue weighted by Gasteiger charge is 2.17. The normalized spacial score (nSPS) is 18.2. The van der Waals surface area contributed by atoms with Gasteiger partial charge in [0.05, 0.1) is 6.54 Å². The molecule has 0 radical (unpaired) electrons. The zero-order valence-corrected chi connectivity index (χ0v) is 10.6. The molecule has 0 bridgehead atoms. The highest BCUT2D eigenvalue weighted by atomic mass is 16.1. The smallest absolute Gasteiger partial charge is 0.177 e. The monoisotopic (exact) mass is 232 g/mol. The number of benzene rings is 1. The Balaban J connectivity index is 1.96. The van der Waals surface area contributed by atoms with Crippen LogP contribution in [0.5, 0.6) is 0 Å². The van der Waals surface area contributed by atoms with E-state index in [1.807, 2.05) is 31.2 Å². The van der Waals surface area contributed by atoms with Gasteiger partial charge >= 0.3 is 0 Å². The Labute approximate surface area is 103 Å². The first-order valence-electron chi connectivity index (χ1n) is 6.16. The fourth-order valence-corrected chi connectivity index (χ4v) is 2.18. The Bertz CT molecular complexity index is 395. The van der Waals surface area contributed by atoms with E-state index in [-0.39, 0.29) is 5.78 Å². The maximum Gasteiger partial charge on any atom is 0.177 e. The molecule has 0 amide bonds. The highest BCUT2D eigenvalue weighted by Crippen LogP contribution is 2.09. The molecular weight excluding hydrogens is 212 g/mol. The Hall–Kier alpha value is -1.19.